The summed E-state index contributed by atoms with van der Waals surface area (Å²) in [6.45, 7) is 4.44. The molecule has 2 rings (SSSR count). The van der Waals surface area contributed by atoms with Gasteiger partial charge in [0.2, 0.25) is 0 Å². The molecule has 0 N–H and O–H groups in total. The van der Waals surface area contributed by atoms with Crippen LogP contribution in [0.4, 0.5) is 4.39 Å². The van der Waals surface area contributed by atoms with Crippen molar-refractivity contribution in [3.8, 4) is 11.8 Å². The third-order valence-electron chi connectivity index (χ3n) is 3.13. The van der Waals surface area contributed by atoms with Gasteiger partial charge in [0.25, 0.3) is 0 Å². The maximum absolute atomic E-state index is 13.2. The van der Waals surface area contributed by atoms with Gasteiger partial charge in [0.1, 0.15) is 18.2 Å². The van der Waals surface area contributed by atoms with Gasteiger partial charge < -0.3 is 4.74 Å². The van der Waals surface area contributed by atoms with E-state index in [0.717, 1.165) is 0 Å². The van der Waals surface area contributed by atoms with Crippen molar-refractivity contribution in [3.05, 3.63) is 65.0 Å². The molecule has 0 fully saturated rings. The quantitative estimate of drug-likeness (QED) is 0.824. The van der Waals surface area contributed by atoms with Crippen LogP contribution in [0.5, 0.6) is 5.75 Å². The zero-order chi connectivity index (χ0) is 14.5. The number of hydrogen-bond donors (Lipinski definition) is 0. The van der Waals surface area contributed by atoms with Crippen LogP contribution in [0.1, 0.15) is 36.5 Å². The Bertz CT molecular complexity index is 626. The number of halogens is 1. The number of hydrogen-bond acceptors (Lipinski definition) is 2. The fourth-order valence-corrected chi connectivity index (χ4v) is 1.90. The lowest BCUT2D eigenvalue weighted by atomic mass is 10.0. The molecule has 3 heteroatoms. The number of nitrogens with zero attached hydrogens (tertiary/aromatic N) is 1. The fraction of sp³-hybridized carbons (Fsp3) is 0.235. The van der Waals surface area contributed by atoms with Crippen LogP contribution in [0.3, 0.4) is 0 Å². The van der Waals surface area contributed by atoms with Crippen molar-refractivity contribution in [1.82, 2.24) is 0 Å². The summed E-state index contributed by atoms with van der Waals surface area (Å²) in [5.41, 5.74) is 2.23. The van der Waals surface area contributed by atoms with Gasteiger partial charge in [-0.1, -0.05) is 26.0 Å². The molecule has 0 radical (unpaired) electrons. The Morgan fingerprint density at radius 3 is 2.45 bits per heavy atom. The molecule has 0 atom stereocenters. The monoisotopic (exact) mass is 269 g/mol. The minimum Gasteiger partial charge on any atom is -0.489 e. The molecule has 20 heavy (non-hydrogen) atoms. The van der Waals surface area contributed by atoms with Crippen LogP contribution in [0.25, 0.3) is 0 Å². The van der Waals surface area contributed by atoms with E-state index < -0.39 is 0 Å². The van der Waals surface area contributed by atoms with Crippen LogP contribution >= 0.6 is 0 Å². The molecule has 0 spiro atoms. The zero-order valence-electron chi connectivity index (χ0n) is 11.6. The summed E-state index contributed by atoms with van der Waals surface area (Å²) in [5.74, 6) is 0.817. The van der Waals surface area contributed by atoms with E-state index in [1.807, 2.05) is 30.3 Å². The van der Waals surface area contributed by atoms with Crippen molar-refractivity contribution in [2.24, 2.45) is 0 Å². The van der Waals surface area contributed by atoms with Crippen LogP contribution in [0.2, 0.25) is 0 Å². The molecular weight excluding hydrogens is 253 g/mol. The summed E-state index contributed by atoms with van der Waals surface area (Å²) in [7, 11) is 0. The maximum Gasteiger partial charge on any atom is 0.123 e. The summed E-state index contributed by atoms with van der Waals surface area (Å²) in [6.07, 6.45) is 0. The Balaban J connectivity index is 2.09. The van der Waals surface area contributed by atoms with Gasteiger partial charge in [-0.15, -0.1) is 0 Å². The van der Waals surface area contributed by atoms with E-state index >= 15 is 0 Å². The highest BCUT2D eigenvalue weighted by atomic mass is 19.1. The first-order valence-electron chi connectivity index (χ1n) is 6.51. The van der Waals surface area contributed by atoms with Crippen molar-refractivity contribution < 1.29 is 9.13 Å². The molecule has 0 aliphatic rings. The second-order valence-electron chi connectivity index (χ2n) is 4.93. The average molecular weight is 269 g/mol. The Labute approximate surface area is 118 Å². The first-order chi connectivity index (χ1) is 9.60. The molecule has 102 valence electrons. The van der Waals surface area contributed by atoms with Crippen molar-refractivity contribution in [2.75, 3.05) is 0 Å². The lowest BCUT2D eigenvalue weighted by molar-refractivity contribution is 0.305. The van der Waals surface area contributed by atoms with Crippen molar-refractivity contribution in [2.45, 2.75) is 26.4 Å². The van der Waals surface area contributed by atoms with Crippen LogP contribution in [0, 0.1) is 17.1 Å². The second-order valence-corrected chi connectivity index (χ2v) is 4.93. The summed E-state index contributed by atoms with van der Waals surface area (Å²) < 4.78 is 18.8. The van der Waals surface area contributed by atoms with Crippen molar-refractivity contribution in [1.29, 1.82) is 5.26 Å². The molecule has 2 aromatic carbocycles. The van der Waals surface area contributed by atoms with Gasteiger partial charge in [-0.05, 0) is 41.8 Å². The van der Waals surface area contributed by atoms with E-state index in [0.29, 0.717) is 22.8 Å². The SMILES string of the molecule is CC(C)c1ccc(OCc2cc(F)ccc2C#N)cc1. The third-order valence-corrected chi connectivity index (χ3v) is 3.13. The Morgan fingerprint density at radius 1 is 1.15 bits per heavy atom. The van der Waals surface area contributed by atoms with Gasteiger partial charge in [0.15, 0.2) is 0 Å². The summed E-state index contributed by atoms with van der Waals surface area (Å²) in [5, 5.41) is 8.98. The molecule has 0 saturated heterocycles. The maximum atomic E-state index is 13.2. The van der Waals surface area contributed by atoms with Crippen LogP contribution in [0.15, 0.2) is 42.5 Å². The molecular formula is C17H16FNO. The highest BCUT2D eigenvalue weighted by Gasteiger charge is 2.05. The van der Waals surface area contributed by atoms with Crippen LogP contribution < -0.4 is 4.74 Å². The fourth-order valence-electron chi connectivity index (χ4n) is 1.90. The van der Waals surface area contributed by atoms with Crippen molar-refractivity contribution in [3.63, 3.8) is 0 Å². The minimum atomic E-state index is -0.363. The lowest BCUT2D eigenvalue weighted by Gasteiger charge is -2.10. The standard InChI is InChI=1S/C17H16FNO/c1-12(2)13-4-7-17(8-5-13)20-11-15-9-16(18)6-3-14(15)10-19/h3-9,12H,11H2,1-2H3. The number of nitriles is 1. The first-order valence-corrected chi connectivity index (χ1v) is 6.51. The largest absolute Gasteiger partial charge is 0.489 e. The lowest BCUT2D eigenvalue weighted by Crippen LogP contribution is -1.99. The molecule has 0 saturated carbocycles. The smallest absolute Gasteiger partial charge is 0.123 e. The zero-order valence-corrected chi connectivity index (χ0v) is 11.6. The number of rotatable bonds is 4. The number of benzene rings is 2. The summed E-state index contributed by atoms with van der Waals surface area (Å²) in [4.78, 5) is 0. The first kappa shape index (κ1) is 14.1. The Kier molecular flexibility index (Phi) is 4.37. The van der Waals surface area contributed by atoms with E-state index in [-0.39, 0.29) is 12.4 Å². The van der Waals surface area contributed by atoms with Crippen LogP contribution in [-0.4, -0.2) is 0 Å². The predicted octanol–water partition coefficient (Wildman–Crippen LogP) is 4.40. The van der Waals surface area contributed by atoms with Crippen LogP contribution in [-0.2, 0) is 6.61 Å². The normalized spacial score (nSPS) is 10.3. The van der Waals surface area contributed by atoms with E-state index in [4.69, 9.17) is 10.00 Å². The average Bonchev–Trinajstić information content (AvgIpc) is 2.45. The van der Waals surface area contributed by atoms with Gasteiger partial charge in [0, 0.05) is 5.56 Å². The Hall–Kier alpha value is -2.34. The molecule has 0 unspecified atom stereocenters. The van der Waals surface area contributed by atoms with E-state index in [2.05, 4.69) is 13.8 Å². The highest BCUT2D eigenvalue weighted by molar-refractivity contribution is 5.38. The molecule has 0 aliphatic heterocycles. The van der Waals surface area contributed by atoms with Crippen molar-refractivity contribution >= 4 is 0 Å². The molecule has 2 nitrogen and oxygen atoms in total. The molecule has 0 aromatic heterocycles. The van der Waals surface area contributed by atoms with Gasteiger partial charge in [-0.3, -0.25) is 0 Å². The van der Waals surface area contributed by atoms with Gasteiger partial charge in [0.05, 0.1) is 11.6 Å². The third kappa shape index (κ3) is 3.36. The van der Waals surface area contributed by atoms with E-state index in [9.17, 15) is 4.39 Å². The predicted molar refractivity (Wildman–Crippen MR) is 76.0 cm³/mol. The van der Waals surface area contributed by atoms with E-state index in [1.54, 1.807) is 0 Å². The molecule has 0 bridgehead atoms. The topological polar surface area (TPSA) is 33.0 Å². The highest BCUT2D eigenvalue weighted by Crippen LogP contribution is 2.20. The van der Waals surface area contributed by atoms with Gasteiger partial charge in [-0.2, -0.15) is 5.26 Å². The molecule has 2 aromatic rings. The second kappa shape index (κ2) is 6.21. The molecule has 0 heterocycles. The minimum absolute atomic E-state index is 0.182. The Morgan fingerprint density at radius 2 is 1.85 bits per heavy atom. The summed E-state index contributed by atoms with van der Waals surface area (Å²) >= 11 is 0. The summed E-state index contributed by atoms with van der Waals surface area (Å²) in [6, 6.07) is 13.9. The van der Waals surface area contributed by atoms with Gasteiger partial charge >= 0.3 is 0 Å². The number of ether oxygens (including phenoxy) is 1. The van der Waals surface area contributed by atoms with E-state index in [1.165, 1.54) is 23.8 Å². The van der Waals surface area contributed by atoms with Gasteiger partial charge in [-0.25, -0.2) is 4.39 Å². The molecule has 0 aliphatic carbocycles. The molecule has 0 amide bonds.